The van der Waals surface area contributed by atoms with Crippen LogP contribution in [0, 0.1) is 53.3 Å². The summed E-state index contributed by atoms with van der Waals surface area (Å²) in [5.41, 5.74) is 1.92. The van der Waals surface area contributed by atoms with E-state index in [1.54, 1.807) is 116 Å². The Morgan fingerprint density at radius 3 is 1.77 bits per heavy atom. The number of rotatable bonds is 4. The summed E-state index contributed by atoms with van der Waals surface area (Å²) in [5, 5.41) is 0. The maximum Gasteiger partial charge on any atom is 0.0139 e. The van der Waals surface area contributed by atoms with E-state index in [0.717, 1.165) is 89.5 Å². The first kappa shape index (κ1) is 32.3. The molecule has 2 heterocycles. The normalized spacial score (nSPS) is 49.3. The van der Waals surface area contributed by atoms with E-state index in [4.69, 9.17) is 0 Å². The molecule has 268 valence electrons. The van der Waals surface area contributed by atoms with Gasteiger partial charge in [0, 0.05) is 36.3 Å². The molecule has 13 atom stereocenters. The fourth-order valence-corrected chi connectivity index (χ4v) is 17.0. The third-order valence-corrected chi connectivity index (χ3v) is 18.5. The van der Waals surface area contributed by atoms with Crippen LogP contribution < -0.4 is 0 Å². The number of allylic oxidation sites excluding steroid dienone is 2. The van der Waals surface area contributed by atoms with Crippen LogP contribution in [-0.4, -0.2) is 46.1 Å². The van der Waals surface area contributed by atoms with Crippen LogP contribution in [0.25, 0.3) is 0 Å². The van der Waals surface area contributed by atoms with Crippen LogP contribution in [-0.2, 0) is 0 Å². The molecule has 48 heavy (non-hydrogen) atoms. The van der Waals surface area contributed by atoms with Gasteiger partial charge in [-0.15, -0.1) is 0 Å². The number of fused-ring (bicyclic) bond motifs is 8. The van der Waals surface area contributed by atoms with Crippen molar-refractivity contribution in [3.8, 4) is 0 Å². The lowest BCUT2D eigenvalue weighted by molar-refractivity contribution is -0.0510. The molecule has 2 aliphatic heterocycles. The van der Waals surface area contributed by atoms with Crippen LogP contribution in [0.15, 0.2) is 11.6 Å². The molecular weight excluding hydrogens is 581 g/mol. The molecule has 2 heteroatoms. The fraction of sp³-hybridized carbons (Fsp3) is 0.957. The van der Waals surface area contributed by atoms with Gasteiger partial charge in [0.05, 0.1) is 0 Å². The van der Waals surface area contributed by atoms with Gasteiger partial charge in [0.2, 0.25) is 0 Å². The van der Waals surface area contributed by atoms with Gasteiger partial charge in [0.1, 0.15) is 0 Å². The molecule has 0 spiro atoms. The minimum Gasteiger partial charge on any atom is -0.294 e. The monoisotopic (exact) mass is 655 g/mol. The molecule has 13 unspecified atom stereocenters. The smallest absolute Gasteiger partial charge is 0.0139 e. The van der Waals surface area contributed by atoms with E-state index in [9.17, 15) is 0 Å². The van der Waals surface area contributed by atoms with E-state index in [-0.39, 0.29) is 0 Å². The Hall–Kier alpha value is -0.340. The highest BCUT2D eigenvalue weighted by Gasteiger charge is 2.64. The van der Waals surface area contributed by atoms with Crippen LogP contribution in [0.2, 0.25) is 0 Å². The second-order valence-electron chi connectivity index (χ2n) is 20.2. The van der Waals surface area contributed by atoms with Crippen molar-refractivity contribution >= 4 is 0 Å². The lowest BCUT2D eigenvalue weighted by Crippen LogP contribution is -2.57. The standard InChI is InChI=1S/C46H74N2/c1-4-14-31(15-5-1)33-24-25-39-44(30-33)47(34-18-8-3-9-19-34)42-28-29-43-45(46(39)42)38-22-12-13-23-40(38)48(43)41-27-26-35(32-16-6-2-7-17-32)36-20-10-11-21-37(36)41/h14,32-46H,1-13,15-30H2. The molecule has 8 aliphatic carbocycles. The molecule has 2 saturated heterocycles. The molecule has 0 N–H and O–H groups in total. The first-order valence-electron chi connectivity index (χ1n) is 23.1. The molecular formula is C46H74N2. The summed E-state index contributed by atoms with van der Waals surface area (Å²) in [7, 11) is 0. The van der Waals surface area contributed by atoms with Gasteiger partial charge in [-0.2, -0.15) is 0 Å². The summed E-state index contributed by atoms with van der Waals surface area (Å²) in [4.78, 5) is 6.86. The van der Waals surface area contributed by atoms with Crippen molar-refractivity contribution in [3.05, 3.63) is 11.6 Å². The lowest BCUT2D eigenvalue weighted by Gasteiger charge is -2.54. The van der Waals surface area contributed by atoms with Crippen molar-refractivity contribution in [1.82, 2.24) is 9.80 Å². The number of nitrogens with zero attached hydrogens (tertiary/aromatic N) is 2. The first-order chi connectivity index (χ1) is 23.8. The lowest BCUT2D eigenvalue weighted by atomic mass is 9.58. The Morgan fingerprint density at radius 2 is 1.00 bits per heavy atom. The quantitative estimate of drug-likeness (QED) is 0.278. The summed E-state index contributed by atoms with van der Waals surface area (Å²) >= 11 is 0. The topological polar surface area (TPSA) is 6.48 Å². The molecule has 0 amide bonds. The predicted octanol–water partition coefficient (Wildman–Crippen LogP) is 11.7. The van der Waals surface area contributed by atoms with Gasteiger partial charge in [0.25, 0.3) is 0 Å². The number of hydrogen-bond acceptors (Lipinski definition) is 2. The number of hydrogen-bond donors (Lipinski definition) is 0. The largest absolute Gasteiger partial charge is 0.294 e. The summed E-state index contributed by atoms with van der Waals surface area (Å²) in [6.45, 7) is 0. The molecule has 10 aliphatic rings. The fourth-order valence-electron chi connectivity index (χ4n) is 17.0. The zero-order chi connectivity index (χ0) is 31.6. The highest BCUT2D eigenvalue weighted by atomic mass is 15.3. The second kappa shape index (κ2) is 13.9. The Labute approximate surface area is 296 Å². The van der Waals surface area contributed by atoms with Crippen molar-refractivity contribution < 1.29 is 0 Å². The first-order valence-corrected chi connectivity index (χ1v) is 23.1. The van der Waals surface area contributed by atoms with E-state index in [1.165, 1.54) is 70.6 Å². The van der Waals surface area contributed by atoms with Crippen LogP contribution in [0.4, 0.5) is 0 Å². The third-order valence-electron chi connectivity index (χ3n) is 18.5. The zero-order valence-electron chi connectivity index (χ0n) is 31.1. The van der Waals surface area contributed by atoms with Gasteiger partial charge in [-0.05, 0) is 162 Å². The van der Waals surface area contributed by atoms with E-state index >= 15 is 0 Å². The minimum atomic E-state index is 0.924. The zero-order valence-corrected chi connectivity index (χ0v) is 31.1. The van der Waals surface area contributed by atoms with Gasteiger partial charge in [-0.1, -0.05) is 88.7 Å². The molecule has 0 aromatic carbocycles. The SMILES string of the molecule is C1=C(C2CCC3C4C5C6CCCCC6N(C6CCC(C7CCCCC7)C7CCCCC76)C5CCC4N(C4CCCCC4)C3C2)CCCC1. The maximum atomic E-state index is 3.47. The van der Waals surface area contributed by atoms with Gasteiger partial charge in [0.15, 0.2) is 0 Å². The highest BCUT2D eigenvalue weighted by Crippen LogP contribution is 2.63. The molecule has 0 bridgehead atoms. The van der Waals surface area contributed by atoms with E-state index in [2.05, 4.69) is 15.9 Å². The third kappa shape index (κ3) is 5.50. The van der Waals surface area contributed by atoms with Crippen molar-refractivity contribution in [2.24, 2.45) is 53.3 Å². The van der Waals surface area contributed by atoms with E-state index < -0.39 is 0 Å². The summed E-state index contributed by atoms with van der Waals surface area (Å²) in [6, 6.07) is 5.65. The summed E-state index contributed by atoms with van der Waals surface area (Å²) in [5.74, 6) is 9.39. The van der Waals surface area contributed by atoms with Gasteiger partial charge >= 0.3 is 0 Å². The van der Waals surface area contributed by atoms with Gasteiger partial charge in [-0.25, -0.2) is 0 Å². The van der Waals surface area contributed by atoms with Crippen LogP contribution in [0.3, 0.4) is 0 Å². The predicted molar refractivity (Wildman–Crippen MR) is 200 cm³/mol. The van der Waals surface area contributed by atoms with Crippen molar-refractivity contribution in [2.75, 3.05) is 0 Å². The van der Waals surface area contributed by atoms with E-state index in [0.29, 0.717) is 0 Å². The van der Waals surface area contributed by atoms with Crippen molar-refractivity contribution in [1.29, 1.82) is 0 Å². The average molecular weight is 655 g/mol. The molecule has 2 nitrogen and oxygen atoms in total. The molecule has 0 aromatic heterocycles. The van der Waals surface area contributed by atoms with E-state index in [1.807, 2.05) is 5.57 Å². The highest BCUT2D eigenvalue weighted by molar-refractivity contribution is 5.20. The Morgan fingerprint density at radius 1 is 0.396 bits per heavy atom. The number of likely N-dealkylation sites (tertiary alicyclic amines) is 2. The average Bonchev–Trinajstić information content (AvgIpc) is 3.68. The second-order valence-corrected chi connectivity index (χ2v) is 20.2. The molecule has 0 aromatic rings. The van der Waals surface area contributed by atoms with Gasteiger partial charge < -0.3 is 0 Å². The molecule has 0 radical (unpaired) electrons. The van der Waals surface area contributed by atoms with Crippen molar-refractivity contribution in [3.63, 3.8) is 0 Å². The van der Waals surface area contributed by atoms with Crippen LogP contribution in [0.1, 0.15) is 186 Å². The summed E-state index contributed by atoms with van der Waals surface area (Å²) in [6.07, 6.45) is 47.4. The summed E-state index contributed by atoms with van der Waals surface area (Å²) < 4.78 is 0. The Bertz CT molecular complexity index is 1130. The maximum absolute atomic E-state index is 3.47. The molecule has 10 rings (SSSR count). The van der Waals surface area contributed by atoms with Crippen LogP contribution >= 0.6 is 0 Å². The van der Waals surface area contributed by atoms with Crippen molar-refractivity contribution in [2.45, 2.75) is 222 Å². The minimum absolute atomic E-state index is 0.924. The molecule has 9 fully saturated rings. The Kier molecular flexibility index (Phi) is 9.36. The molecule has 7 saturated carbocycles. The van der Waals surface area contributed by atoms with Crippen LogP contribution in [0.5, 0.6) is 0 Å². The van der Waals surface area contributed by atoms with Gasteiger partial charge in [-0.3, -0.25) is 9.80 Å². The Balaban J connectivity index is 0.960.